The van der Waals surface area contributed by atoms with Crippen molar-refractivity contribution in [2.75, 3.05) is 26.4 Å². The molecular weight excluding hydrogens is 449 g/mol. The number of phosphoric ester groups is 1. The molecule has 1 unspecified atom stereocenters. The van der Waals surface area contributed by atoms with Crippen LogP contribution < -0.4 is 5.73 Å². The number of hydrogen-bond donors (Lipinski definition) is 2. The van der Waals surface area contributed by atoms with Crippen LogP contribution >= 0.6 is 7.82 Å². The summed E-state index contributed by atoms with van der Waals surface area (Å²) in [4.78, 5) is 33.7. The molecule has 0 aliphatic carbocycles. The van der Waals surface area contributed by atoms with Gasteiger partial charge in [-0.2, -0.15) is 0 Å². The van der Waals surface area contributed by atoms with E-state index in [4.69, 9.17) is 19.7 Å². The summed E-state index contributed by atoms with van der Waals surface area (Å²) in [6.45, 7) is 3.35. The summed E-state index contributed by atoms with van der Waals surface area (Å²) >= 11 is 0. The van der Waals surface area contributed by atoms with Crippen molar-refractivity contribution in [2.24, 2.45) is 5.73 Å². The first-order valence-corrected chi connectivity index (χ1v) is 13.3. The van der Waals surface area contributed by atoms with Crippen molar-refractivity contribution in [3.63, 3.8) is 0 Å². The van der Waals surface area contributed by atoms with E-state index in [2.05, 4.69) is 18.4 Å². The Morgan fingerprint density at radius 1 is 0.879 bits per heavy atom. The van der Waals surface area contributed by atoms with E-state index < -0.39 is 32.5 Å². The zero-order chi connectivity index (χ0) is 24.8. The first kappa shape index (κ1) is 31.5. The van der Waals surface area contributed by atoms with E-state index in [1.165, 1.54) is 0 Å². The van der Waals surface area contributed by atoms with Crippen molar-refractivity contribution < 1.29 is 37.6 Å². The van der Waals surface area contributed by atoms with Crippen LogP contribution in [0.15, 0.2) is 24.3 Å². The van der Waals surface area contributed by atoms with Gasteiger partial charge in [0, 0.05) is 6.54 Å². The lowest BCUT2D eigenvalue weighted by molar-refractivity contribution is -0.160. The number of phosphoric acid groups is 1. The Morgan fingerprint density at radius 3 is 2.00 bits per heavy atom. The molecule has 0 aromatic rings. The molecule has 2 atom stereocenters. The van der Waals surface area contributed by atoms with Crippen LogP contribution in [-0.4, -0.2) is 49.3 Å². The summed E-state index contributed by atoms with van der Waals surface area (Å²) in [5, 5.41) is 0. The summed E-state index contributed by atoms with van der Waals surface area (Å²) in [5.41, 5.74) is 5.25. The minimum absolute atomic E-state index is 0.0392. The van der Waals surface area contributed by atoms with Crippen molar-refractivity contribution >= 4 is 19.8 Å². The minimum Gasteiger partial charge on any atom is -0.461 e. The van der Waals surface area contributed by atoms with Gasteiger partial charge in [-0.05, 0) is 25.7 Å². The third-order valence-electron chi connectivity index (χ3n) is 4.38. The van der Waals surface area contributed by atoms with Gasteiger partial charge in [0.2, 0.25) is 0 Å². The number of hydrogen-bond acceptors (Lipinski definition) is 8. The molecule has 0 rings (SSSR count). The van der Waals surface area contributed by atoms with Crippen molar-refractivity contribution in [2.45, 2.75) is 84.2 Å². The monoisotopic (exact) mass is 491 g/mol. The zero-order valence-corrected chi connectivity index (χ0v) is 21.0. The average molecular weight is 492 g/mol. The van der Waals surface area contributed by atoms with E-state index >= 15 is 0 Å². The number of esters is 2. The molecule has 0 aromatic heterocycles. The Kier molecular flexibility index (Phi) is 20.1. The van der Waals surface area contributed by atoms with Gasteiger partial charge < -0.3 is 20.1 Å². The lowest BCUT2D eigenvalue weighted by Crippen LogP contribution is -2.29. The fourth-order valence-corrected chi connectivity index (χ4v) is 3.36. The smallest absolute Gasteiger partial charge is 0.461 e. The predicted molar refractivity (Wildman–Crippen MR) is 127 cm³/mol. The molecular formula is C23H42NO8P. The molecule has 0 spiro atoms. The molecule has 0 heterocycles. The molecule has 0 bridgehead atoms. The van der Waals surface area contributed by atoms with Crippen molar-refractivity contribution in [1.29, 1.82) is 0 Å². The number of carbonyl (C=O) groups excluding carboxylic acids is 2. The van der Waals surface area contributed by atoms with E-state index in [0.717, 1.165) is 51.4 Å². The SMILES string of the molecule is CCCCCC=CCC(=O)OC[C@H](COP(=O)(O)OCCN)OC(=O)CC=CCCCCC. The molecule has 0 aliphatic heterocycles. The highest BCUT2D eigenvalue weighted by Crippen LogP contribution is 2.43. The Balaban J connectivity index is 4.62. The Morgan fingerprint density at radius 2 is 1.45 bits per heavy atom. The summed E-state index contributed by atoms with van der Waals surface area (Å²) < 4.78 is 31.8. The summed E-state index contributed by atoms with van der Waals surface area (Å²) in [5.74, 6) is -1.05. The second-order valence-electron chi connectivity index (χ2n) is 7.52. The molecule has 10 heteroatoms. The van der Waals surface area contributed by atoms with Gasteiger partial charge in [-0.3, -0.25) is 18.6 Å². The van der Waals surface area contributed by atoms with Gasteiger partial charge in [-0.15, -0.1) is 0 Å². The normalized spacial score (nSPS) is 14.4. The van der Waals surface area contributed by atoms with Crippen LogP contribution in [-0.2, 0) is 32.7 Å². The molecule has 0 saturated heterocycles. The van der Waals surface area contributed by atoms with Crippen LogP contribution in [0.25, 0.3) is 0 Å². The maximum absolute atomic E-state index is 12.1. The van der Waals surface area contributed by atoms with Gasteiger partial charge in [0.1, 0.15) is 6.61 Å². The average Bonchev–Trinajstić information content (AvgIpc) is 2.79. The fraction of sp³-hybridized carbons (Fsp3) is 0.739. The quantitative estimate of drug-likeness (QED) is 0.102. The van der Waals surface area contributed by atoms with E-state index in [1.54, 1.807) is 12.2 Å². The number of ether oxygens (including phenoxy) is 2. The lowest BCUT2D eigenvalue weighted by Gasteiger charge is -2.19. The van der Waals surface area contributed by atoms with Crippen LogP contribution in [0.1, 0.15) is 78.1 Å². The second kappa shape index (κ2) is 21.1. The van der Waals surface area contributed by atoms with Crippen molar-refractivity contribution in [3.8, 4) is 0 Å². The van der Waals surface area contributed by atoms with Crippen LogP contribution in [0.5, 0.6) is 0 Å². The third kappa shape index (κ3) is 20.8. The Bertz CT molecular complexity index is 624. The number of nitrogens with two attached hydrogens (primary N) is 1. The molecule has 3 N–H and O–H groups in total. The second-order valence-corrected chi connectivity index (χ2v) is 8.98. The highest BCUT2D eigenvalue weighted by molar-refractivity contribution is 7.47. The van der Waals surface area contributed by atoms with Crippen LogP contribution in [0.2, 0.25) is 0 Å². The number of unbranched alkanes of at least 4 members (excludes halogenated alkanes) is 6. The summed E-state index contributed by atoms with van der Waals surface area (Å²) in [6.07, 6.45) is 14.8. The van der Waals surface area contributed by atoms with Crippen LogP contribution in [0.3, 0.4) is 0 Å². The predicted octanol–water partition coefficient (Wildman–Crippen LogP) is 4.59. The largest absolute Gasteiger partial charge is 0.472 e. The third-order valence-corrected chi connectivity index (χ3v) is 5.36. The molecule has 0 radical (unpaired) electrons. The maximum Gasteiger partial charge on any atom is 0.472 e. The molecule has 0 aliphatic rings. The number of carbonyl (C=O) groups is 2. The Labute approximate surface area is 198 Å². The fourth-order valence-electron chi connectivity index (χ4n) is 2.60. The lowest BCUT2D eigenvalue weighted by atomic mass is 10.2. The van der Waals surface area contributed by atoms with Crippen LogP contribution in [0, 0.1) is 0 Å². The van der Waals surface area contributed by atoms with Gasteiger partial charge >= 0.3 is 19.8 Å². The highest BCUT2D eigenvalue weighted by Gasteiger charge is 2.25. The molecule has 0 amide bonds. The molecule has 0 fully saturated rings. The van der Waals surface area contributed by atoms with Crippen LogP contribution in [0.4, 0.5) is 0 Å². The van der Waals surface area contributed by atoms with Gasteiger partial charge in [-0.25, -0.2) is 4.57 Å². The zero-order valence-electron chi connectivity index (χ0n) is 20.1. The topological polar surface area (TPSA) is 134 Å². The van der Waals surface area contributed by atoms with Gasteiger partial charge in [0.15, 0.2) is 6.10 Å². The minimum atomic E-state index is -4.36. The summed E-state index contributed by atoms with van der Waals surface area (Å²) in [6, 6.07) is 0. The Hall–Kier alpha value is -1.51. The number of allylic oxidation sites excluding steroid dienone is 2. The van der Waals surface area contributed by atoms with Gasteiger partial charge in [0.25, 0.3) is 0 Å². The molecule has 33 heavy (non-hydrogen) atoms. The highest BCUT2D eigenvalue weighted by atomic mass is 31.2. The van der Waals surface area contributed by atoms with Gasteiger partial charge in [0.05, 0.1) is 26.1 Å². The standard InChI is InChI=1S/C23H42NO8P/c1-3-5-7-9-11-13-15-22(25)29-19-21(20-31-33(27,28)30-18-17-24)32-23(26)16-14-12-10-8-6-4-2/h11-14,21H,3-10,15-20,24H2,1-2H3,(H,27,28)/t21-/m1/s1. The van der Waals surface area contributed by atoms with Crippen molar-refractivity contribution in [1.82, 2.24) is 0 Å². The van der Waals surface area contributed by atoms with E-state index in [9.17, 15) is 19.0 Å². The molecule has 0 aromatic carbocycles. The number of rotatable bonds is 21. The maximum atomic E-state index is 12.1. The van der Waals surface area contributed by atoms with Gasteiger partial charge in [-0.1, -0.05) is 63.8 Å². The first-order valence-electron chi connectivity index (χ1n) is 11.8. The van der Waals surface area contributed by atoms with E-state index in [-0.39, 0.29) is 32.6 Å². The molecule has 0 saturated carbocycles. The molecule has 192 valence electrons. The summed E-state index contributed by atoms with van der Waals surface area (Å²) in [7, 11) is -4.36. The van der Waals surface area contributed by atoms with E-state index in [1.807, 2.05) is 12.2 Å². The molecule has 9 nitrogen and oxygen atoms in total. The first-order chi connectivity index (χ1) is 15.8. The van der Waals surface area contributed by atoms with E-state index in [0.29, 0.717) is 0 Å². The van der Waals surface area contributed by atoms with Crippen molar-refractivity contribution in [3.05, 3.63) is 24.3 Å².